The van der Waals surface area contributed by atoms with Gasteiger partial charge in [0, 0.05) is 0 Å². The number of hydrogen-bond acceptors (Lipinski definition) is 6. The van der Waals surface area contributed by atoms with Gasteiger partial charge in [-0.25, -0.2) is 9.48 Å². The number of aromatic nitrogens is 3. The molecule has 2 aromatic carbocycles. The summed E-state index contributed by atoms with van der Waals surface area (Å²) in [6.07, 6.45) is 0. The van der Waals surface area contributed by atoms with Crippen LogP contribution in [0.25, 0.3) is 10.9 Å². The van der Waals surface area contributed by atoms with E-state index in [-0.39, 0.29) is 18.7 Å². The molecule has 0 aliphatic carbocycles. The first-order valence-corrected chi connectivity index (χ1v) is 7.98. The number of nitrogens with one attached hydrogen (secondary N) is 1. The van der Waals surface area contributed by atoms with Crippen molar-refractivity contribution < 1.29 is 14.3 Å². The second kappa shape index (κ2) is 7.56. The van der Waals surface area contributed by atoms with Gasteiger partial charge >= 0.3 is 5.97 Å². The molecule has 26 heavy (non-hydrogen) atoms. The zero-order valence-electron chi connectivity index (χ0n) is 14.0. The van der Waals surface area contributed by atoms with Crippen LogP contribution >= 0.6 is 0 Å². The van der Waals surface area contributed by atoms with Crippen LogP contribution in [-0.4, -0.2) is 33.5 Å². The number of para-hydroxylation sites is 1. The SMILES string of the molecule is CCOC(=O)c1ccccc1NC(=O)Cn1nnc2ccccc2c1=O. The summed E-state index contributed by atoms with van der Waals surface area (Å²) in [6.45, 7) is 1.60. The summed E-state index contributed by atoms with van der Waals surface area (Å²) in [5.74, 6) is -1.04. The molecule has 0 saturated heterocycles. The smallest absolute Gasteiger partial charge is 0.340 e. The summed E-state index contributed by atoms with van der Waals surface area (Å²) in [7, 11) is 0. The van der Waals surface area contributed by atoms with E-state index in [2.05, 4.69) is 15.6 Å². The number of benzene rings is 2. The molecule has 1 N–H and O–H groups in total. The van der Waals surface area contributed by atoms with Gasteiger partial charge in [0.2, 0.25) is 5.91 Å². The van der Waals surface area contributed by atoms with Crippen molar-refractivity contribution in [3.8, 4) is 0 Å². The standard InChI is InChI=1S/C18H16N4O4/c1-2-26-18(25)13-8-4-5-9-14(13)19-16(23)11-22-17(24)12-7-3-6-10-15(12)20-21-22/h3-10H,2,11H2,1H3,(H,19,23). The molecule has 1 aromatic heterocycles. The zero-order chi connectivity index (χ0) is 18.5. The molecule has 1 heterocycles. The number of amides is 1. The molecule has 0 fully saturated rings. The third-order valence-electron chi connectivity index (χ3n) is 3.62. The van der Waals surface area contributed by atoms with Crippen LogP contribution < -0.4 is 10.9 Å². The Morgan fingerprint density at radius 3 is 2.65 bits per heavy atom. The van der Waals surface area contributed by atoms with E-state index in [0.717, 1.165) is 4.68 Å². The molecule has 0 spiro atoms. The van der Waals surface area contributed by atoms with Crippen LogP contribution in [0.1, 0.15) is 17.3 Å². The molecule has 0 unspecified atom stereocenters. The van der Waals surface area contributed by atoms with Crippen LogP contribution in [0, 0.1) is 0 Å². The van der Waals surface area contributed by atoms with Gasteiger partial charge in [-0.1, -0.05) is 29.5 Å². The maximum absolute atomic E-state index is 12.4. The topological polar surface area (TPSA) is 103 Å². The van der Waals surface area contributed by atoms with Crippen molar-refractivity contribution >= 4 is 28.5 Å². The lowest BCUT2D eigenvalue weighted by atomic mass is 10.2. The average molecular weight is 352 g/mol. The number of rotatable bonds is 5. The van der Waals surface area contributed by atoms with E-state index in [1.807, 2.05) is 0 Å². The number of esters is 1. The minimum Gasteiger partial charge on any atom is -0.462 e. The molecular formula is C18H16N4O4. The molecule has 3 aromatic rings. The van der Waals surface area contributed by atoms with Gasteiger partial charge < -0.3 is 10.1 Å². The third kappa shape index (κ3) is 3.59. The molecule has 0 aliphatic heterocycles. The van der Waals surface area contributed by atoms with Crippen molar-refractivity contribution in [2.24, 2.45) is 0 Å². The third-order valence-corrected chi connectivity index (χ3v) is 3.62. The molecular weight excluding hydrogens is 336 g/mol. The van der Waals surface area contributed by atoms with E-state index in [1.54, 1.807) is 55.5 Å². The van der Waals surface area contributed by atoms with E-state index < -0.39 is 17.4 Å². The van der Waals surface area contributed by atoms with E-state index in [0.29, 0.717) is 16.6 Å². The van der Waals surface area contributed by atoms with Gasteiger partial charge in [-0.3, -0.25) is 9.59 Å². The Hall–Kier alpha value is -3.55. The quantitative estimate of drug-likeness (QED) is 0.700. The Kier molecular flexibility index (Phi) is 5.02. The number of ether oxygens (including phenoxy) is 1. The van der Waals surface area contributed by atoms with Crippen molar-refractivity contribution in [3.05, 3.63) is 64.4 Å². The van der Waals surface area contributed by atoms with Crippen molar-refractivity contribution in [1.29, 1.82) is 0 Å². The number of carbonyl (C=O) groups excluding carboxylic acids is 2. The summed E-state index contributed by atoms with van der Waals surface area (Å²) in [5.41, 5.74) is 0.587. The number of fused-ring (bicyclic) bond motifs is 1. The summed E-state index contributed by atoms with van der Waals surface area (Å²) in [4.78, 5) is 36.6. The van der Waals surface area contributed by atoms with E-state index in [4.69, 9.17) is 4.74 Å². The number of hydrogen-bond donors (Lipinski definition) is 1. The molecule has 0 atom stereocenters. The van der Waals surface area contributed by atoms with Gasteiger partial charge in [0.25, 0.3) is 5.56 Å². The van der Waals surface area contributed by atoms with Crippen LogP contribution in [0.4, 0.5) is 5.69 Å². The van der Waals surface area contributed by atoms with E-state index >= 15 is 0 Å². The Morgan fingerprint density at radius 2 is 1.85 bits per heavy atom. The lowest BCUT2D eigenvalue weighted by molar-refractivity contribution is -0.117. The highest BCUT2D eigenvalue weighted by Gasteiger charge is 2.15. The Bertz CT molecular complexity index is 1030. The Labute approximate surface area is 148 Å². The van der Waals surface area contributed by atoms with Gasteiger partial charge in [0.1, 0.15) is 12.1 Å². The number of nitrogens with zero attached hydrogens (tertiary/aromatic N) is 3. The molecule has 0 aliphatic rings. The molecule has 0 bridgehead atoms. The van der Waals surface area contributed by atoms with Crippen LogP contribution in [0.3, 0.4) is 0 Å². The van der Waals surface area contributed by atoms with Gasteiger partial charge in [-0.05, 0) is 31.2 Å². The molecule has 3 rings (SSSR count). The fourth-order valence-corrected chi connectivity index (χ4v) is 2.43. The predicted octanol–water partition coefficient (Wildman–Crippen LogP) is 1.61. The first-order valence-electron chi connectivity index (χ1n) is 7.98. The van der Waals surface area contributed by atoms with Gasteiger partial charge in [-0.2, -0.15) is 0 Å². The second-order valence-corrected chi connectivity index (χ2v) is 5.38. The van der Waals surface area contributed by atoms with E-state index in [9.17, 15) is 14.4 Å². The monoisotopic (exact) mass is 352 g/mol. The first-order chi connectivity index (χ1) is 12.6. The number of anilines is 1. The maximum Gasteiger partial charge on any atom is 0.340 e. The molecule has 8 heteroatoms. The number of carbonyl (C=O) groups is 2. The van der Waals surface area contributed by atoms with Crippen LogP contribution in [0.5, 0.6) is 0 Å². The second-order valence-electron chi connectivity index (χ2n) is 5.38. The van der Waals surface area contributed by atoms with Crippen molar-refractivity contribution in [2.45, 2.75) is 13.5 Å². The fourth-order valence-electron chi connectivity index (χ4n) is 2.43. The Morgan fingerprint density at radius 1 is 1.12 bits per heavy atom. The molecule has 0 radical (unpaired) electrons. The van der Waals surface area contributed by atoms with Gasteiger partial charge in [0.15, 0.2) is 0 Å². The van der Waals surface area contributed by atoms with Gasteiger partial charge in [0.05, 0.1) is 23.2 Å². The van der Waals surface area contributed by atoms with Gasteiger partial charge in [-0.15, -0.1) is 5.10 Å². The van der Waals surface area contributed by atoms with Crippen molar-refractivity contribution in [2.75, 3.05) is 11.9 Å². The van der Waals surface area contributed by atoms with Crippen molar-refractivity contribution in [1.82, 2.24) is 15.0 Å². The largest absolute Gasteiger partial charge is 0.462 e. The average Bonchev–Trinajstić information content (AvgIpc) is 2.65. The lowest BCUT2D eigenvalue weighted by Crippen LogP contribution is -2.30. The fraction of sp³-hybridized carbons (Fsp3) is 0.167. The summed E-state index contributed by atoms with van der Waals surface area (Å²) in [6, 6.07) is 13.2. The summed E-state index contributed by atoms with van der Waals surface area (Å²) < 4.78 is 5.94. The highest BCUT2D eigenvalue weighted by atomic mass is 16.5. The minimum absolute atomic E-state index is 0.225. The summed E-state index contributed by atoms with van der Waals surface area (Å²) >= 11 is 0. The summed E-state index contributed by atoms with van der Waals surface area (Å²) in [5, 5.41) is 10.7. The van der Waals surface area contributed by atoms with Crippen molar-refractivity contribution in [3.63, 3.8) is 0 Å². The minimum atomic E-state index is -0.536. The maximum atomic E-state index is 12.4. The molecule has 0 saturated carbocycles. The molecule has 8 nitrogen and oxygen atoms in total. The van der Waals surface area contributed by atoms with Crippen LogP contribution in [0.2, 0.25) is 0 Å². The van der Waals surface area contributed by atoms with E-state index in [1.165, 1.54) is 0 Å². The highest BCUT2D eigenvalue weighted by Crippen LogP contribution is 2.16. The molecule has 1 amide bonds. The molecule has 132 valence electrons. The lowest BCUT2D eigenvalue weighted by Gasteiger charge is -2.10. The highest BCUT2D eigenvalue weighted by molar-refractivity contribution is 6.01. The van der Waals surface area contributed by atoms with Crippen LogP contribution in [0.15, 0.2) is 53.3 Å². The predicted molar refractivity (Wildman–Crippen MR) is 94.8 cm³/mol. The first kappa shape index (κ1) is 17.3. The normalized spacial score (nSPS) is 10.5. The Balaban J connectivity index is 1.81. The zero-order valence-corrected chi connectivity index (χ0v) is 14.0. The van der Waals surface area contributed by atoms with Crippen LogP contribution in [-0.2, 0) is 16.1 Å².